The maximum absolute atomic E-state index is 12.8. The third-order valence-electron chi connectivity index (χ3n) is 5.28. The molecule has 2 fully saturated rings. The number of nitrogens with one attached hydrogen (secondary N) is 1. The highest BCUT2D eigenvalue weighted by Crippen LogP contribution is 2.60. The van der Waals surface area contributed by atoms with Crippen LogP contribution in [0, 0.1) is 12.3 Å². The lowest BCUT2D eigenvalue weighted by atomic mass is 9.99. The fraction of sp³-hybridized carbons (Fsp3) is 0.412. The van der Waals surface area contributed by atoms with E-state index in [1.807, 2.05) is 25.3 Å². The largest absolute Gasteiger partial charge is 0.465 e. The van der Waals surface area contributed by atoms with Crippen LogP contribution in [0.5, 0.6) is 0 Å². The van der Waals surface area contributed by atoms with Crippen molar-refractivity contribution >= 4 is 33.7 Å². The lowest BCUT2D eigenvalue weighted by molar-refractivity contribution is -0.120. The number of pyridine rings is 1. The van der Waals surface area contributed by atoms with Crippen molar-refractivity contribution in [2.75, 3.05) is 5.32 Å². The average Bonchev–Trinajstić information content (AvgIpc) is 2.95. The lowest BCUT2D eigenvalue weighted by Crippen LogP contribution is -2.45. The zero-order chi connectivity index (χ0) is 18.5. The summed E-state index contributed by atoms with van der Waals surface area (Å²) in [7, 11) is 0. The second-order valence-electron chi connectivity index (χ2n) is 6.98. The molecular formula is C17H18BrN5O3. The standard InChI is InChI=1S/C17H18BrN5O3/c1-10-3-4-13(18)20-14(10)21-15(24)11-7-17(9-22-6-2-5-19-22)8-12(17)23(11)16(25)26/h2-6,11-12H,7-9H2,1H3,(H,25,26)(H,20,21,24)/t11-,12+,17-/m0/s1. The van der Waals surface area contributed by atoms with Crippen LogP contribution < -0.4 is 5.32 Å². The second kappa shape index (κ2) is 6.08. The van der Waals surface area contributed by atoms with E-state index in [0.29, 0.717) is 23.4 Å². The van der Waals surface area contributed by atoms with Gasteiger partial charge in [0, 0.05) is 30.4 Å². The maximum atomic E-state index is 12.8. The summed E-state index contributed by atoms with van der Waals surface area (Å²) < 4.78 is 2.42. The molecule has 9 heteroatoms. The van der Waals surface area contributed by atoms with E-state index in [-0.39, 0.29) is 17.4 Å². The Balaban J connectivity index is 1.54. The molecule has 0 aromatic carbocycles. The van der Waals surface area contributed by atoms with E-state index in [0.717, 1.165) is 12.0 Å². The van der Waals surface area contributed by atoms with Gasteiger partial charge in [0.05, 0.1) is 0 Å². The highest BCUT2D eigenvalue weighted by molar-refractivity contribution is 9.10. The number of aryl methyl sites for hydroxylation is 1. The molecule has 0 spiro atoms. The third kappa shape index (κ3) is 2.86. The van der Waals surface area contributed by atoms with Crippen LogP contribution in [0.4, 0.5) is 10.6 Å². The van der Waals surface area contributed by atoms with E-state index in [4.69, 9.17) is 0 Å². The molecule has 2 aromatic rings. The summed E-state index contributed by atoms with van der Waals surface area (Å²) in [5, 5.41) is 16.6. The number of halogens is 1. The molecule has 0 bridgehead atoms. The van der Waals surface area contributed by atoms with E-state index in [9.17, 15) is 14.7 Å². The Kier molecular flexibility index (Phi) is 3.98. The van der Waals surface area contributed by atoms with Gasteiger partial charge in [0.25, 0.3) is 0 Å². The van der Waals surface area contributed by atoms with Crippen molar-refractivity contribution in [3.05, 3.63) is 40.8 Å². The van der Waals surface area contributed by atoms with Crippen LogP contribution in [-0.4, -0.2) is 48.9 Å². The van der Waals surface area contributed by atoms with Gasteiger partial charge in [0.2, 0.25) is 5.91 Å². The van der Waals surface area contributed by atoms with Crippen LogP contribution in [-0.2, 0) is 11.3 Å². The summed E-state index contributed by atoms with van der Waals surface area (Å²) in [6, 6.07) is 4.60. The van der Waals surface area contributed by atoms with Gasteiger partial charge in [0.15, 0.2) is 0 Å². The summed E-state index contributed by atoms with van der Waals surface area (Å²) in [5.41, 5.74) is 0.601. The number of hydrogen-bond acceptors (Lipinski definition) is 4. The SMILES string of the molecule is Cc1ccc(Br)nc1NC(=O)[C@@H]1C[C@@]2(Cn3cccn3)C[C@H]2N1C(=O)O. The number of hydrogen-bond donors (Lipinski definition) is 2. The molecule has 4 rings (SSSR count). The molecule has 2 amide bonds. The number of fused-ring (bicyclic) bond motifs is 1. The molecule has 0 radical (unpaired) electrons. The molecule has 2 N–H and O–H groups in total. The Morgan fingerprint density at radius 2 is 2.23 bits per heavy atom. The second-order valence-corrected chi connectivity index (χ2v) is 7.80. The van der Waals surface area contributed by atoms with Crippen LogP contribution in [0.25, 0.3) is 0 Å². The maximum Gasteiger partial charge on any atom is 0.408 e. The Hall–Kier alpha value is -2.42. The Labute approximate surface area is 158 Å². The van der Waals surface area contributed by atoms with Gasteiger partial charge >= 0.3 is 6.09 Å². The minimum absolute atomic E-state index is 0.142. The molecular weight excluding hydrogens is 402 g/mol. The molecule has 1 saturated carbocycles. The number of anilines is 1. The van der Waals surface area contributed by atoms with Gasteiger partial charge in [-0.3, -0.25) is 14.4 Å². The van der Waals surface area contributed by atoms with Gasteiger partial charge in [-0.05, 0) is 53.4 Å². The number of carbonyl (C=O) groups excluding carboxylic acids is 1. The van der Waals surface area contributed by atoms with Crippen molar-refractivity contribution in [1.82, 2.24) is 19.7 Å². The van der Waals surface area contributed by atoms with Crippen LogP contribution in [0.1, 0.15) is 18.4 Å². The number of carbonyl (C=O) groups is 2. The molecule has 2 aliphatic rings. The Morgan fingerprint density at radius 3 is 2.92 bits per heavy atom. The molecule has 3 heterocycles. The molecule has 1 aliphatic carbocycles. The van der Waals surface area contributed by atoms with Crippen molar-refractivity contribution < 1.29 is 14.7 Å². The number of likely N-dealkylation sites (tertiary alicyclic amines) is 1. The summed E-state index contributed by atoms with van der Waals surface area (Å²) in [6.07, 6.45) is 3.75. The number of aromatic nitrogens is 3. The smallest absolute Gasteiger partial charge is 0.408 e. The van der Waals surface area contributed by atoms with E-state index in [1.54, 1.807) is 16.9 Å². The average molecular weight is 420 g/mol. The van der Waals surface area contributed by atoms with E-state index < -0.39 is 12.1 Å². The van der Waals surface area contributed by atoms with E-state index in [1.165, 1.54) is 4.90 Å². The van der Waals surface area contributed by atoms with Gasteiger partial charge in [0.1, 0.15) is 16.5 Å². The number of nitrogens with zero attached hydrogens (tertiary/aromatic N) is 4. The fourth-order valence-electron chi connectivity index (χ4n) is 3.91. The number of carboxylic acid groups (broad SMARTS) is 1. The van der Waals surface area contributed by atoms with Crippen LogP contribution in [0.3, 0.4) is 0 Å². The molecule has 3 atom stereocenters. The van der Waals surface area contributed by atoms with Gasteiger partial charge in [-0.25, -0.2) is 9.78 Å². The zero-order valence-corrected chi connectivity index (χ0v) is 15.7. The predicted molar refractivity (Wildman–Crippen MR) is 96.6 cm³/mol. The van der Waals surface area contributed by atoms with Crippen LogP contribution in [0.2, 0.25) is 0 Å². The summed E-state index contributed by atoms with van der Waals surface area (Å²) in [5.74, 6) is 0.101. The van der Waals surface area contributed by atoms with Gasteiger partial charge in [-0.15, -0.1) is 0 Å². The summed E-state index contributed by atoms with van der Waals surface area (Å²) in [4.78, 5) is 30.1. The first-order chi connectivity index (χ1) is 12.4. The Bertz CT molecular complexity index is 871. The Morgan fingerprint density at radius 1 is 1.42 bits per heavy atom. The first kappa shape index (κ1) is 17.0. The monoisotopic (exact) mass is 419 g/mol. The highest BCUT2D eigenvalue weighted by atomic mass is 79.9. The normalized spacial score (nSPS) is 26.5. The topological polar surface area (TPSA) is 100 Å². The molecule has 0 unspecified atom stereocenters. The first-order valence-electron chi connectivity index (χ1n) is 8.32. The fourth-order valence-corrected chi connectivity index (χ4v) is 4.22. The van der Waals surface area contributed by atoms with E-state index >= 15 is 0 Å². The van der Waals surface area contributed by atoms with Gasteiger partial charge in [-0.1, -0.05) is 6.07 Å². The molecule has 26 heavy (non-hydrogen) atoms. The summed E-state index contributed by atoms with van der Waals surface area (Å²) >= 11 is 3.29. The molecule has 136 valence electrons. The van der Waals surface area contributed by atoms with Gasteiger partial charge < -0.3 is 10.4 Å². The van der Waals surface area contributed by atoms with Crippen molar-refractivity contribution in [1.29, 1.82) is 0 Å². The molecule has 8 nitrogen and oxygen atoms in total. The van der Waals surface area contributed by atoms with Crippen molar-refractivity contribution in [2.45, 2.75) is 38.4 Å². The molecule has 1 saturated heterocycles. The first-order valence-corrected chi connectivity index (χ1v) is 9.12. The van der Waals surface area contributed by atoms with E-state index in [2.05, 4.69) is 31.3 Å². The number of amides is 2. The zero-order valence-electron chi connectivity index (χ0n) is 14.1. The van der Waals surface area contributed by atoms with Crippen molar-refractivity contribution in [3.63, 3.8) is 0 Å². The predicted octanol–water partition coefficient (Wildman–Crippen LogP) is 2.50. The quantitative estimate of drug-likeness (QED) is 0.741. The lowest BCUT2D eigenvalue weighted by Gasteiger charge is -2.24. The highest BCUT2D eigenvalue weighted by Gasteiger charge is 2.67. The molecule has 1 aliphatic heterocycles. The van der Waals surface area contributed by atoms with Gasteiger partial charge in [-0.2, -0.15) is 5.10 Å². The van der Waals surface area contributed by atoms with Crippen molar-refractivity contribution in [3.8, 4) is 0 Å². The van der Waals surface area contributed by atoms with Crippen LogP contribution in [0.15, 0.2) is 35.2 Å². The number of rotatable bonds is 4. The summed E-state index contributed by atoms with van der Waals surface area (Å²) in [6.45, 7) is 2.46. The van der Waals surface area contributed by atoms with Crippen molar-refractivity contribution in [2.24, 2.45) is 5.41 Å². The minimum atomic E-state index is -1.06. The molecule has 2 aromatic heterocycles. The number of piperidine rings is 1. The minimum Gasteiger partial charge on any atom is -0.465 e. The van der Waals surface area contributed by atoms with Crippen LogP contribution >= 0.6 is 15.9 Å². The third-order valence-corrected chi connectivity index (χ3v) is 5.72.